The average molecular weight is 291 g/mol. The highest BCUT2D eigenvalue weighted by atomic mass is 16.5. The van der Waals surface area contributed by atoms with Crippen molar-refractivity contribution >= 4 is 5.97 Å². The third-order valence-corrected chi connectivity index (χ3v) is 4.24. The van der Waals surface area contributed by atoms with Crippen molar-refractivity contribution in [3.8, 4) is 5.75 Å². The van der Waals surface area contributed by atoms with Crippen LogP contribution in [-0.2, 0) is 4.79 Å². The normalized spacial score (nSPS) is 23.5. The molecular formula is C17H25NO3. The lowest BCUT2D eigenvalue weighted by atomic mass is 9.85. The summed E-state index contributed by atoms with van der Waals surface area (Å²) >= 11 is 0. The minimum absolute atomic E-state index is 0.274. The number of rotatable bonds is 6. The molecule has 0 heterocycles. The molecule has 1 aromatic carbocycles. The molecule has 0 bridgehead atoms. The van der Waals surface area contributed by atoms with Crippen molar-refractivity contribution in [2.75, 3.05) is 6.61 Å². The molecule has 116 valence electrons. The molecule has 3 atom stereocenters. The third kappa shape index (κ3) is 4.21. The van der Waals surface area contributed by atoms with Crippen LogP contribution in [0.1, 0.15) is 51.1 Å². The summed E-state index contributed by atoms with van der Waals surface area (Å²) in [5.74, 6) is 0.414. The van der Waals surface area contributed by atoms with Crippen molar-refractivity contribution in [2.24, 2.45) is 5.92 Å². The van der Waals surface area contributed by atoms with Crippen LogP contribution in [0.15, 0.2) is 24.3 Å². The Bertz CT molecular complexity index is 475. The number of carboxylic acid groups (broad SMARTS) is 1. The maximum absolute atomic E-state index is 11.6. The zero-order valence-electron chi connectivity index (χ0n) is 12.8. The van der Waals surface area contributed by atoms with Crippen molar-refractivity contribution in [2.45, 2.75) is 51.6 Å². The van der Waals surface area contributed by atoms with Gasteiger partial charge in [-0.05, 0) is 43.4 Å². The van der Waals surface area contributed by atoms with E-state index in [1.165, 1.54) is 19.3 Å². The summed E-state index contributed by atoms with van der Waals surface area (Å²) in [5, 5.41) is 12.9. The van der Waals surface area contributed by atoms with Gasteiger partial charge in [0.15, 0.2) is 0 Å². The van der Waals surface area contributed by atoms with Gasteiger partial charge in [0.25, 0.3) is 0 Å². The second kappa shape index (κ2) is 7.46. The van der Waals surface area contributed by atoms with E-state index in [1.807, 2.05) is 31.2 Å². The van der Waals surface area contributed by atoms with Gasteiger partial charge in [0.1, 0.15) is 11.8 Å². The molecule has 1 saturated carbocycles. The highest BCUT2D eigenvalue weighted by Gasteiger charge is 2.28. The van der Waals surface area contributed by atoms with Crippen LogP contribution < -0.4 is 10.1 Å². The molecule has 1 aliphatic rings. The Hall–Kier alpha value is -1.55. The minimum Gasteiger partial charge on any atom is -0.494 e. The van der Waals surface area contributed by atoms with Crippen molar-refractivity contribution in [1.82, 2.24) is 5.32 Å². The summed E-state index contributed by atoms with van der Waals surface area (Å²) in [4.78, 5) is 11.6. The Morgan fingerprint density at radius 2 is 2.19 bits per heavy atom. The van der Waals surface area contributed by atoms with Crippen LogP contribution >= 0.6 is 0 Å². The fourth-order valence-corrected chi connectivity index (χ4v) is 3.04. The van der Waals surface area contributed by atoms with E-state index in [0.717, 1.165) is 17.7 Å². The van der Waals surface area contributed by atoms with E-state index in [1.54, 1.807) is 0 Å². The second-order valence-corrected chi connectivity index (χ2v) is 5.81. The summed E-state index contributed by atoms with van der Waals surface area (Å²) in [7, 11) is 0. The average Bonchev–Trinajstić information content (AvgIpc) is 2.46. The van der Waals surface area contributed by atoms with Crippen molar-refractivity contribution in [1.29, 1.82) is 0 Å². The van der Waals surface area contributed by atoms with Crippen LogP contribution in [0.3, 0.4) is 0 Å². The van der Waals surface area contributed by atoms with E-state index in [9.17, 15) is 9.90 Å². The molecule has 4 heteroatoms. The topological polar surface area (TPSA) is 58.6 Å². The number of nitrogens with one attached hydrogen (secondary N) is 1. The molecule has 2 rings (SSSR count). The standard InChI is InChI=1S/C17H25NO3/c1-3-21-14-9-6-8-13(11-14)16(17(19)20)18-15-10-5-4-7-12(15)2/h6,8-9,11-12,15-16,18H,3-5,7,10H2,1-2H3,(H,19,20). The van der Waals surface area contributed by atoms with E-state index in [2.05, 4.69) is 12.2 Å². The summed E-state index contributed by atoms with van der Waals surface area (Å²) in [6.07, 6.45) is 4.64. The highest BCUT2D eigenvalue weighted by molar-refractivity contribution is 5.75. The molecule has 0 radical (unpaired) electrons. The molecule has 3 unspecified atom stereocenters. The quantitative estimate of drug-likeness (QED) is 0.843. The minimum atomic E-state index is -0.832. The van der Waals surface area contributed by atoms with Crippen molar-refractivity contribution < 1.29 is 14.6 Å². The van der Waals surface area contributed by atoms with Gasteiger partial charge in [-0.2, -0.15) is 0 Å². The number of carbonyl (C=O) groups is 1. The monoisotopic (exact) mass is 291 g/mol. The predicted molar refractivity (Wildman–Crippen MR) is 82.5 cm³/mol. The molecule has 0 amide bonds. The Morgan fingerprint density at radius 3 is 2.86 bits per heavy atom. The molecule has 1 fully saturated rings. The first-order valence-corrected chi connectivity index (χ1v) is 7.83. The van der Waals surface area contributed by atoms with Gasteiger partial charge >= 0.3 is 5.97 Å². The maximum Gasteiger partial charge on any atom is 0.325 e. The first-order chi connectivity index (χ1) is 10.1. The van der Waals surface area contributed by atoms with E-state index < -0.39 is 12.0 Å². The zero-order chi connectivity index (χ0) is 15.2. The van der Waals surface area contributed by atoms with Crippen LogP contribution in [-0.4, -0.2) is 23.7 Å². The van der Waals surface area contributed by atoms with E-state index in [0.29, 0.717) is 12.5 Å². The van der Waals surface area contributed by atoms with Gasteiger partial charge in [-0.15, -0.1) is 0 Å². The predicted octanol–water partition coefficient (Wildman–Crippen LogP) is 3.38. The van der Waals surface area contributed by atoms with Gasteiger partial charge in [0.05, 0.1) is 6.61 Å². The highest BCUT2D eigenvalue weighted by Crippen LogP contribution is 2.27. The molecular weight excluding hydrogens is 266 g/mol. The van der Waals surface area contributed by atoms with Gasteiger partial charge in [-0.1, -0.05) is 31.9 Å². The number of aliphatic carboxylic acids is 1. The third-order valence-electron chi connectivity index (χ3n) is 4.24. The van der Waals surface area contributed by atoms with E-state index in [-0.39, 0.29) is 6.04 Å². The summed E-state index contributed by atoms with van der Waals surface area (Å²) in [6, 6.07) is 6.98. The van der Waals surface area contributed by atoms with Crippen LogP contribution in [0.4, 0.5) is 0 Å². The van der Waals surface area contributed by atoms with Crippen LogP contribution in [0.5, 0.6) is 5.75 Å². The lowest BCUT2D eigenvalue weighted by molar-refractivity contribution is -0.140. The van der Waals surface area contributed by atoms with Crippen molar-refractivity contribution in [3.63, 3.8) is 0 Å². The number of hydrogen-bond donors (Lipinski definition) is 2. The lowest BCUT2D eigenvalue weighted by Gasteiger charge is -2.32. The van der Waals surface area contributed by atoms with Gasteiger partial charge in [-0.25, -0.2) is 0 Å². The smallest absolute Gasteiger partial charge is 0.325 e. The number of ether oxygens (including phenoxy) is 1. The first kappa shape index (κ1) is 15.8. The van der Waals surface area contributed by atoms with Gasteiger partial charge < -0.3 is 9.84 Å². The Balaban J connectivity index is 2.14. The number of carboxylic acids is 1. The summed E-state index contributed by atoms with van der Waals surface area (Å²) in [6.45, 7) is 4.70. The maximum atomic E-state index is 11.6. The Kier molecular flexibility index (Phi) is 5.62. The molecule has 4 nitrogen and oxygen atoms in total. The lowest BCUT2D eigenvalue weighted by Crippen LogP contribution is -2.42. The van der Waals surface area contributed by atoms with Gasteiger partial charge in [-0.3, -0.25) is 10.1 Å². The SMILES string of the molecule is CCOc1cccc(C(NC2CCCCC2C)C(=O)O)c1. The van der Waals surface area contributed by atoms with E-state index in [4.69, 9.17) is 4.74 Å². The molecule has 0 aliphatic heterocycles. The van der Waals surface area contributed by atoms with Crippen LogP contribution in [0.25, 0.3) is 0 Å². The summed E-state index contributed by atoms with van der Waals surface area (Å²) < 4.78 is 5.47. The van der Waals surface area contributed by atoms with Gasteiger partial charge in [0.2, 0.25) is 0 Å². The van der Waals surface area contributed by atoms with E-state index >= 15 is 0 Å². The summed E-state index contributed by atoms with van der Waals surface area (Å²) in [5.41, 5.74) is 0.756. The van der Waals surface area contributed by atoms with Crippen molar-refractivity contribution in [3.05, 3.63) is 29.8 Å². The fourth-order valence-electron chi connectivity index (χ4n) is 3.04. The molecule has 0 saturated heterocycles. The Morgan fingerprint density at radius 1 is 1.43 bits per heavy atom. The second-order valence-electron chi connectivity index (χ2n) is 5.81. The molecule has 0 aromatic heterocycles. The fraction of sp³-hybridized carbons (Fsp3) is 0.588. The molecule has 21 heavy (non-hydrogen) atoms. The largest absolute Gasteiger partial charge is 0.494 e. The molecule has 1 aliphatic carbocycles. The van der Waals surface area contributed by atoms with Crippen LogP contribution in [0.2, 0.25) is 0 Å². The molecule has 0 spiro atoms. The molecule has 2 N–H and O–H groups in total. The van der Waals surface area contributed by atoms with Gasteiger partial charge in [0, 0.05) is 6.04 Å². The molecule has 1 aromatic rings. The zero-order valence-corrected chi connectivity index (χ0v) is 12.8. The Labute approximate surface area is 126 Å². The van der Waals surface area contributed by atoms with Crippen LogP contribution in [0, 0.1) is 5.92 Å². The number of benzene rings is 1. The first-order valence-electron chi connectivity index (χ1n) is 7.83. The number of hydrogen-bond acceptors (Lipinski definition) is 3.